The Morgan fingerprint density at radius 2 is 1.94 bits per heavy atom. The molecule has 0 N–H and O–H groups in total. The van der Waals surface area contributed by atoms with E-state index in [2.05, 4.69) is 16.1 Å². The zero-order valence-electron chi connectivity index (χ0n) is 18.8. The average molecular weight is 420 g/mol. The molecule has 0 aliphatic carbocycles. The molecule has 1 saturated heterocycles. The standard InChI is InChI=1S/C24H29N5O2/c1-14-12-20(27(3)25-14)23-18-13-16-8-6-10-19(22(18)26-28(23)4)29(16)24(30)17-9-7-11-21(31-5)15(17)2/h7,9,11-12,16,19H,6,8,10,13H2,1-5H3. The summed E-state index contributed by atoms with van der Waals surface area (Å²) in [5.74, 6) is 0.834. The van der Waals surface area contributed by atoms with E-state index in [-0.39, 0.29) is 18.0 Å². The number of nitrogens with zero attached hydrogens (tertiary/aromatic N) is 5. The first kappa shape index (κ1) is 19.8. The zero-order valence-corrected chi connectivity index (χ0v) is 18.8. The number of carbonyl (C=O) groups excluding carboxylic acids is 1. The van der Waals surface area contributed by atoms with Crippen LogP contribution in [0.1, 0.15) is 58.2 Å². The second kappa shape index (κ2) is 7.25. The summed E-state index contributed by atoms with van der Waals surface area (Å²) >= 11 is 0. The van der Waals surface area contributed by atoms with E-state index in [1.54, 1.807) is 7.11 Å². The summed E-state index contributed by atoms with van der Waals surface area (Å²) in [6, 6.07) is 8.02. The maximum Gasteiger partial charge on any atom is 0.255 e. The molecule has 162 valence electrons. The van der Waals surface area contributed by atoms with Crippen molar-refractivity contribution >= 4 is 5.91 Å². The van der Waals surface area contributed by atoms with Crippen molar-refractivity contribution in [2.75, 3.05) is 7.11 Å². The predicted octanol–water partition coefficient (Wildman–Crippen LogP) is 3.74. The van der Waals surface area contributed by atoms with Crippen molar-refractivity contribution in [3.63, 3.8) is 0 Å². The molecule has 0 saturated carbocycles. The van der Waals surface area contributed by atoms with Crippen LogP contribution in [0.5, 0.6) is 5.75 Å². The van der Waals surface area contributed by atoms with Gasteiger partial charge in [-0.3, -0.25) is 14.2 Å². The van der Waals surface area contributed by atoms with E-state index < -0.39 is 0 Å². The summed E-state index contributed by atoms with van der Waals surface area (Å²) < 4.78 is 9.36. The molecule has 2 unspecified atom stereocenters. The van der Waals surface area contributed by atoms with Crippen molar-refractivity contribution in [1.29, 1.82) is 0 Å². The molecule has 1 amide bonds. The number of amides is 1. The van der Waals surface area contributed by atoms with E-state index >= 15 is 0 Å². The number of fused-ring (bicyclic) bond motifs is 4. The van der Waals surface area contributed by atoms with Gasteiger partial charge in [0.05, 0.1) is 35.9 Å². The Morgan fingerprint density at radius 3 is 2.65 bits per heavy atom. The lowest BCUT2D eigenvalue weighted by Gasteiger charge is -2.45. The minimum Gasteiger partial charge on any atom is -0.496 e. The van der Waals surface area contributed by atoms with Crippen LogP contribution in [0, 0.1) is 13.8 Å². The molecular formula is C24H29N5O2. The van der Waals surface area contributed by atoms with Gasteiger partial charge in [-0.1, -0.05) is 6.07 Å². The van der Waals surface area contributed by atoms with Gasteiger partial charge in [-0.2, -0.15) is 10.2 Å². The minimum atomic E-state index is 0.00914. The van der Waals surface area contributed by atoms with Gasteiger partial charge in [0, 0.05) is 36.8 Å². The lowest BCUT2D eigenvalue weighted by molar-refractivity contribution is 0.0390. The van der Waals surface area contributed by atoms with Crippen LogP contribution >= 0.6 is 0 Å². The monoisotopic (exact) mass is 419 g/mol. The number of aromatic nitrogens is 4. The second-order valence-corrected chi connectivity index (χ2v) is 8.78. The van der Waals surface area contributed by atoms with Crippen molar-refractivity contribution in [3.05, 3.63) is 52.3 Å². The summed E-state index contributed by atoms with van der Waals surface area (Å²) in [5, 5.41) is 9.48. The Labute approximate surface area is 182 Å². The van der Waals surface area contributed by atoms with Crippen LogP contribution in [0.15, 0.2) is 24.3 Å². The maximum absolute atomic E-state index is 13.8. The van der Waals surface area contributed by atoms with Crippen molar-refractivity contribution in [2.24, 2.45) is 14.1 Å². The van der Waals surface area contributed by atoms with Crippen LogP contribution in [0.2, 0.25) is 0 Å². The summed E-state index contributed by atoms with van der Waals surface area (Å²) in [5.41, 5.74) is 7.13. The molecule has 5 rings (SSSR count). The van der Waals surface area contributed by atoms with E-state index in [0.29, 0.717) is 0 Å². The number of benzene rings is 1. The van der Waals surface area contributed by atoms with Gasteiger partial charge in [0.1, 0.15) is 5.75 Å². The van der Waals surface area contributed by atoms with Gasteiger partial charge < -0.3 is 9.64 Å². The lowest BCUT2D eigenvalue weighted by Crippen LogP contribution is -2.50. The molecule has 2 aliphatic rings. The van der Waals surface area contributed by atoms with Gasteiger partial charge >= 0.3 is 0 Å². The SMILES string of the molecule is COc1cccc(C(=O)N2C3CCCC2c2nn(C)c(-c4cc(C)nn4C)c2C3)c1C. The fourth-order valence-electron chi connectivity index (χ4n) is 5.51. The third-order valence-electron chi connectivity index (χ3n) is 6.89. The van der Waals surface area contributed by atoms with Gasteiger partial charge in [0.2, 0.25) is 0 Å². The number of aryl methyl sites for hydroxylation is 3. The molecule has 1 fully saturated rings. The van der Waals surface area contributed by atoms with E-state index in [1.165, 1.54) is 5.56 Å². The second-order valence-electron chi connectivity index (χ2n) is 8.78. The molecule has 3 aromatic rings. The van der Waals surface area contributed by atoms with E-state index in [9.17, 15) is 4.79 Å². The third-order valence-corrected chi connectivity index (χ3v) is 6.89. The van der Waals surface area contributed by atoms with Gasteiger partial charge in [-0.05, 0) is 57.7 Å². The topological polar surface area (TPSA) is 65.2 Å². The number of hydrogen-bond donors (Lipinski definition) is 0. The average Bonchev–Trinajstić information content (AvgIpc) is 3.24. The zero-order chi connectivity index (χ0) is 21.9. The first-order valence-corrected chi connectivity index (χ1v) is 10.9. The van der Waals surface area contributed by atoms with Crippen LogP contribution in [-0.4, -0.2) is 43.5 Å². The number of methoxy groups -OCH3 is 1. The summed E-state index contributed by atoms with van der Waals surface area (Å²) in [7, 11) is 5.62. The van der Waals surface area contributed by atoms with Crippen molar-refractivity contribution in [2.45, 2.75) is 51.6 Å². The summed E-state index contributed by atoms with van der Waals surface area (Å²) in [6.45, 7) is 3.97. The van der Waals surface area contributed by atoms with Gasteiger partial charge in [-0.25, -0.2) is 0 Å². The van der Waals surface area contributed by atoms with Crippen LogP contribution in [0.3, 0.4) is 0 Å². The minimum absolute atomic E-state index is 0.00914. The summed E-state index contributed by atoms with van der Waals surface area (Å²) in [6.07, 6.45) is 3.91. The Bertz CT molecular complexity index is 1180. The van der Waals surface area contributed by atoms with Crippen LogP contribution in [-0.2, 0) is 20.5 Å². The Hall–Kier alpha value is -3.09. The molecular weight excluding hydrogens is 390 g/mol. The largest absolute Gasteiger partial charge is 0.496 e. The molecule has 0 radical (unpaired) electrons. The van der Waals surface area contributed by atoms with Crippen molar-refractivity contribution in [3.8, 4) is 17.1 Å². The van der Waals surface area contributed by atoms with Crippen LogP contribution in [0.4, 0.5) is 0 Å². The van der Waals surface area contributed by atoms with Gasteiger partial charge in [0.25, 0.3) is 5.91 Å². The van der Waals surface area contributed by atoms with Crippen molar-refractivity contribution in [1.82, 2.24) is 24.5 Å². The van der Waals surface area contributed by atoms with E-state index in [0.717, 1.165) is 65.3 Å². The smallest absolute Gasteiger partial charge is 0.255 e. The van der Waals surface area contributed by atoms with Crippen LogP contribution in [0.25, 0.3) is 11.4 Å². The van der Waals surface area contributed by atoms with E-state index in [4.69, 9.17) is 9.84 Å². The molecule has 2 aliphatic heterocycles. The quantitative estimate of drug-likeness (QED) is 0.649. The molecule has 2 atom stereocenters. The maximum atomic E-state index is 13.8. The lowest BCUT2D eigenvalue weighted by atomic mass is 9.81. The van der Waals surface area contributed by atoms with Crippen LogP contribution < -0.4 is 4.74 Å². The Balaban J connectivity index is 1.59. The first-order valence-electron chi connectivity index (χ1n) is 10.9. The highest BCUT2D eigenvalue weighted by Crippen LogP contribution is 2.45. The fourth-order valence-corrected chi connectivity index (χ4v) is 5.51. The third kappa shape index (κ3) is 2.98. The highest BCUT2D eigenvalue weighted by molar-refractivity contribution is 5.97. The molecule has 31 heavy (non-hydrogen) atoms. The normalized spacial score (nSPS) is 20.0. The molecule has 7 nitrogen and oxygen atoms in total. The summed E-state index contributed by atoms with van der Waals surface area (Å²) in [4.78, 5) is 15.8. The molecule has 2 bridgehead atoms. The number of piperidine rings is 1. The molecule has 7 heteroatoms. The first-order chi connectivity index (χ1) is 14.9. The molecule has 0 spiro atoms. The predicted molar refractivity (Wildman–Crippen MR) is 118 cm³/mol. The number of rotatable bonds is 3. The number of ether oxygens (including phenoxy) is 1. The highest BCUT2D eigenvalue weighted by Gasteiger charge is 2.44. The Morgan fingerprint density at radius 1 is 1.13 bits per heavy atom. The number of carbonyl (C=O) groups is 1. The van der Waals surface area contributed by atoms with Crippen molar-refractivity contribution < 1.29 is 9.53 Å². The highest BCUT2D eigenvalue weighted by atomic mass is 16.5. The van der Waals surface area contributed by atoms with E-state index in [1.807, 2.05) is 55.5 Å². The Kier molecular flexibility index (Phi) is 4.64. The van der Waals surface area contributed by atoms with Gasteiger partial charge in [0.15, 0.2) is 0 Å². The van der Waals surface area contributed by atoms with Gasteiger partial charge in [-0.15, -0.1) is 0 Å². The molecule has 1 aromatic carbocycles. The molecule has 2 aromatic heterocycles. The number of hydrogen-bond acceptors (Lipinski definition) is 4. The molecule has 4 heterocycles. The fraction of sp³-hybridized carbons (Fsp3) is 0.458.